The monoisotopic (exact) mass is 380 g/mol. The Kier molecular flexibility index (Phi) is 9.32. The van der Waals surface area contributed by atoms with Crippen LogP contribution < -0.4 is 5.73 Å². The van der Waals surface area contributed by atoms with Crippen molar-refractivity contribution in [2.75, 3.05) is 12.8 Å². The predicted octanol–water partition coefficient (Wildman–Crippen LogP) is 3.30. The molecule has 1 heterocycles. The summed E-state index contributed by atoms with van der Waals surface area (Å²) in [5, 5.41) is 0. The lowest BCUT2D eigenvalue weighted by molar-refractivity contribution is -0.130. The number of aryl methyl sites for hydroxylation is 1. The Morgan fingerprint density at radius 2 is 2.00 bits per heavy atom. The molecule has 0 aliphatic heterocycles. The lowest BCUT2D eigenvalue weighted by Crippen LogP contribution is -2.28. The standard InChI is InChI=1S/C15H18F2N4O.2ClH/c1-20(10-13-19-8-9-21(13)15(16)17)14(22)7-6-11-4-2-3-5-12(11)18;;/h2-5,8-9,15H,6-7,10,18H2,1H3;2*1H. The molecule has 2 aromatic rings. The number of nitrogen functional groups attached to an aromatic ring is 1. The minimum atomic E-state index is -2.66. The predicted molar refractivity (Wildman–Crippen MR) is 93.6 cm³/mol. The molecule has 0 saturated carbocycles. The first kappa shape index (κ1) is 22.1. The van der Waals surface area contributed by atoms with Gasteiger partial charge in [-0.25, -0.2) is 4.98 Å². The Balaban J connectivity index is 0.00000264. The summed E-state index contributed by atoms with van der Waals surface area (Å²) in [4.78, 5) is 17.3. The number of carbonyl (C=O) groups excluding carboxylic acids is 1. The molecule has 0 spiro atoms. The van der Waals surface area contributed by atoms with E-state index in [2.05, 4.69) is 4.98 Å². The summed E-state index contributed by atoms with van der Waals surface area (Å²) in [5.74, 6) is 0.0112. The first-order chi connectivity index (χ1) is 10.5. The van der Waals surface area contributed by atoms with Crippen LogP contribution in [-0.2, 0) is 17.8 Å². The number of benzene rings is 1. The average Bonchev–Trinajstić information content (AvgIpc) is 2.94. The summed E-state index contributed by atoms with van der Waals surface area (Å²) in [6.07, 6.45) is 3.27. The molecular weight excluding hydrogens is 361 g/mol. The zero-order valence-electron chi connectivity index (χ0n) is 13.1. The zero-order valence-corrected chi connectivity index (χ0v) is 14.7. The fourth-order valence-corrected chi connectivity index (χ4v) is 2.14. The third kappa shape index (κ3) is 5.65. The molecule has 24 heavy (non-hydrogen) atoms. The highest BCUT2D eigenvalue weighted by Gasteiger charge is 2.16. The molecule has 1 amide bonds. The molecule has 0 unspecified atom stereocenters. The lowest BCUT2D eigenvalue weighted by Gasteiger charge is -2.18. The normalized spacial score (nSPS) is 10.0. The number of anilines is 1. The maximum atomic E-state index is 12.7. The SMILES string of the molecule is CN(Cc1nccn1C(F)F)C(=O)CCc1ccccc1N.Cl.Cl. The second-order valence-electron chi connectivity index (χ2n) is 4.98. The Bertz CT molecular complexity index is 652. The number of imidazole rings is 1. The van der Waals surface area contributed by atoms with E-state index < -0.39 is 6.55 Å². The number of carbonyl (C=O) groups is 1. The third-order valence-corrected chi connectivity index (χ3v) is 3.43. The van der Waals surface area contributed by atoms with Gasteiger partial charge in [0.15, 0.2) is 0 Å². The molecule has 1 aromatic heterocycles. The number of hydrogen-bond donors (Lipinski definition) is 1. The van der Waals surface area contributed by atoms with Crippen LogP contribution >= 0.6 is 24.8 Å². The molecule has 5 nitrogen and oxygen atoms in total. The molecule has 134 valence electrons. The average molecular weight is 381 g/mol. The molecule has 0 saturated heterocycles. The van der Waals surface area contributed by atoms with E-state index in [4.69, 9.17) is 5.73 Å². The Morgan fingerprint density at radius 1 is 1.33 bits per heavy atom. The lowest BCUT2D eigenvalue weighted by atomic mass is 10.1. The maximum Gasteiger partial charge on any atom is 0.319 e. The molecular formula is C15H20Cl2F2N4O. The fourth-order valence-electron chi connectivity index (χ4n) is 2.14. The van der Waals surface area contributed by atoms with Gasteiger partial charge in [0.2, 0.25) is 5.91 Å². The van der Waals surface area contributed by atoms with Crippen LogP contribution in [0.1, 0.15) is 24.4 Å². The van der Waals surface area contributed by atoms with Crippen LogP contribution in [0.3, 0.4) is 0 Å². The van der Waals surface area contributed by atoms with Gasteiger partial charge in [-0.1, -0.05) is 18.2 Å². The number of alkyl halides is 2. The van der Waals surface area contributed by atoms with Crippen LogP contribution in [-0.4, -0.2) is 27.4 Å². The summed E-state index contributed by atoms with van der Waals surface area (Å²) in [6, 6.07) is 7.34. The van der Waals surface area contributed by atoms with E-state index in [1.165, 1.54) is 17.3 Å². The van der Waals surface area contributed by atoms with E-state index in [1.54, 1.807) is 13.1 Å². The minimum absolute atomic E-state index is 0. The number of nitrogens with two attached hydrogens (primary N) is 1. The Hall–Kier alpha value is -1.86. The van der Waals surface area contributed by atoms with E-state index >= 15 is 0 Å². The van der Waals surface area contributed by atoms with E-state index in [1.807, 2.05) is 18.2 Å². The Morgan fingerprint density at radius 3 is 2.62 bits per heavy atom. The molecule has 1 aromatic carbocycles. The van der Waals surface area contributed by atoms with E-state index in [0.29, 0.717) is 12.1 Å². The summed E-state index contributed by atoms with van der Waals surface area (Å²) in [6.45, 7) is -2.62. The summed E-state index contributed by atoms with van der Waals surface area (Å²) in [7, 11) is 1.57. The van der Waals surface area contributed by atoms with Crippen molar-refractivity contribution in [1.82, 2.24) is 14.5 Å². The van der Waals surface area contributed by atoms with E-state index in [9.17, 15) is 13.6 Å². The molecule has 2 rings (SSSR count). The number of amides is 1. The quantitative estimate of drug-likeness (QED) is 0.781. The van der Waals surface area contributed by atoms with Crippen LogP contribution in [0, 0.1) is 0 Å². The van der Waals surface area contributed by atoms with Crippen molar-refractivity contribution >= 4 is 36.4 Å². The first-order valence-corrected chi connectivity index (χ1v) is 6.86. The van der Waals surface area contributed by atoms with Gasteiger partial charge in [0.05, 0.1) is 6.54 Å². The molecule has 0 bridgehead atoms. The van der Waals surface area contributed by atoms with Crippen molar-refractivity contribution in [3.63, 3.8) is 0 Å². The van der Waals surface area contributed by atoms with Crippen molar-refractivity contribution in [2.45, 2.75) is 25.9 Å². The summed E-state index contributed by atoms with van der Waals surface area (Å²) >= 11 is 0. The minimum Gasteiger partial charge on any atom is -0.399 e. The number of para-hydroxylation sites is 1. The van der Waals surface area contributed by atoms with Crippen molar-refractivity contribution in [2.24, 2.45) is 0 Å². The molecule has 0 aliphatic rings. The maximum absolute atomic E-state index is 12.7. The smallest absolute Gasteiger partial charge is 0.319 e. The van der Waals surface area contributed by atoms with Crippen LogP contribution in [0.15, 0.2) is 36.7 Å². The second-order valence-corrected chi connectivity index (χ2v) is 4.98. The fraction of sp³-hybridized carbons (Fsp3) is 0.333. The van der Waals surface area contributed by atoms with Crippen molar-refractivity contribution in [3.8, 4) is 0 Å². The molecule has 9 heteroatoms. The number of hydrogen-bond acceptors (Lipinski definition) is 3. The van der Waals surface area contributed by atoms with Gasteiger partial charge in [-0.3, -0.25) is 9.36 Å². The number of rotatable bonds is 6. The molecule has 2 N–H and O–H groups in total. The molecule has 0 fully saturated rings. The van der Waals surface area contributed by atoms with Gasteiger partial charge in [-0.15, -0.1) is 24.8 Å². The highest BCUT2D eigenvalue weighted by Crippen LogP contribution is 2.15. The van der Waals surface area contributed by atoms with Gasteiger partial charge >= 0.3 is 6.55 Å². The van der Waals surface area contributed by atoms with Crippen LogP contribution in [0.4, 0.5) is 14.5 Å². The highest BCUT2D eigenvalue weighted by molar-refractivity contribution is 5.85. The summed E-state index contributed by atoms with van der Waals surface area (Å²) in [5.41, 5.74) is 7.37. The van der Waals surface area contributed by atoms with Gasteiger partial charge in [-0.2, -0.15) is 8.78 Å². The largest absolute Gasteiger partial charge is 0.399 e. The van der Waals surface area contributed by atoms with Crippen molar-refractivity contribution in [3.05, 3.63) is 48.0 Å². The second kappa shape index (κ2) is 10.1. The topological polar surface area (TPSA) is 64.2 Å². The molecule has 0 atom stereocenters. The van der Waals surface area contributed by atoms with Crippen LogP contribution in [0.25, 0.3) is 0 Å². The van der Waals surface area contributed by atoms with Crippen LogP contribution in [0.5, 0.6) is 0 Å². The van der Waals surface area contributed by atoms with E-state index in [0.717, 1.165) is 10.1 Å². The third-order valence-electron chi connectivity index (χ3n) is 3.43. The number of nitrogens with zero attached hydrogens (tertiary/aromatic N) is 3. The summed E-state index contributed by atoms with van der Waals surface area (Å²) < 4.78 is 26.2. The van der Waals surface area contributed by atoms with Gasteiger partial charge in [-0.05, 0) is 18.1 Å². The van der Waals surface area contributed by atoms with Crippen LogP contribution in [0.2, 0.25) is 0 Å². The number of aromatic nitrogens is 2. The number of halogens is 4. The van der Waals surface area contributed by atoms with Gasteiger partial charge in [0.25, 0.3) is 0 Å². The van der Waals surface area contributed by atoms with Crippen molar-refractivity contribution < 1.29 is 13.6 Å². The van der Waals surface area contributed by atoms with Gasteiger partial charge < -0.3 is 10.6 Å². The molecule has 0 aliphatic carbocycles. The van der Waals surface area contributed by atoms with Gasteiger partial charge in [0, 0.05) is 31.5 Å². The Labute approximate surface area is 151 Å². The van der Waals surface area contributed by atoms with E-state index in [-0.39, 0.29) is 49.5 Å². The zero-order chi connectivity index (χ0) is 16.1. The first-order valence-electron chi connectivity index (χ1n) is 6.86. The van der Waals surface area contributed by atoms with Gasteiger partial charge in [0.1, 0.15) is 5.82 Å². The molecule has 0 radical (unpaired) electrons. The highest BCUT2D eigenvalue weighted by atomic mass is 35.5. The van der Waals surface area contributed by atoms with Crippen molar-refractivity contribution in [1.29, 1.82) is 0 Å².